The van der Waals surface area contributed by atoms with Crippen LogP contribution in [0, 0.1) is 0 Å². The maximum absolute atomic E-state index is 11.0. The van der Waals surface area contributed by atoms with Crippen molar-refractivity contribution in [1.82, 2.24) is 20.6 Å². The average Bonchev–Trinajstić information content (AvgIpc) is 2.34. The Morgan fingerprint density at radius 2 is 2.08 bits per heavy atom. The third-order valence-corrected chi connectivity index (χ3v) is 3.20. The highest BCUT2D eigenvalue weighted by atomic mass is 32.2. The molecule has 12 heavy (non-hydrogen) atoms. The van der Waals surface area contributed by atoms with E-state index in [0.717, 1.165) is 0 Å². The average molecular weight is 191 g/mol. The second-order valence-electron chi connectivity index (χ2n) is 2.79. The van der Waals surface area contributed by atoms with Gasteiger partial charge >= 0.3 is 0 Å². The number of aromatic amines is 1. The van der Waals surface area contributed by atoms with Crippen molar-refractivity contribution in [3.63, 3.8) is 0 Å². The molecule has 68 valence electrons. The molecule has 0 radical (unpaired) electrons. The highest BCUT2D eigenvalue weighted by molar-refractivity contribution is 7.90. The maximum atomic E-state index is 11.0. The number of hydrogen-bond acceptors (Lipinski definition) is 5. The lowest BCUT2D eigenvalue weighted by Gasteiger charge is -2.16. The highest BCUT2D eigenvalue weighted by Gasteiger charge is 2.37. The highest BCUT2D eigenvalue weighted by Crippen LogP contribution is 2.22. The van der Waals surface area contributed by atoms with E-state index in [1.165, 1.54) is 13.8 Å². The van der Waals surface area contributed by atoms with E-state index in [1.54, 1.807) is 0 Å². The lowest BCUT2D eigenvalue weighted by atomic mass is 10.2. The minimum absolute atomic E-state index is 0.0602. The van der Waals surface area contributed by atoms with Crippen LogP contribution >= 0.6 is 0 Å². The molecule has 0 saturated heterocycles. The Bertz CT molecular complexity index is 353. The van der Waals surface area contributed by atoms with Crippen LogP contribution in [0.5, 0.6) is 0 Å². The predicted molar refractivity (Wildman–Crippen MR) is 40.3 cm³/mol. The molecule has 0 aliphatic heterocycles. The molecule has 7 nitrogen and oxygen atoms in total. The van der Waals surface area contributed by atoms with Crippen LogP contribution in [-0.2, 0) is 14.8 Å². The predicted octanol–water partition coefficient (Wildman–Crippen LogP) is -1.28. The smallest absolute Gasteiger partial charge is 0.221 e. The summed E-state index contributed by atoms with van der Waals surface area (Å²) in [5.41, 5.74) is 0. The lowest BCUT2D eigenvalue weighted by Crippen LogP contribution is -2.36. The van der Waals surface area contributed by atoms with Gasteiger partial charge in [-0.1, -0.05) is 5.21 Å². The molecule has 0 fully saturated rings. The first-order valence-corrected chi connectivity index (χ1v) is 4.66. The number of aromatic nitrogens is 4. The Balaban J connectivity index is 3.20. The van der Waals surface area contributed by atoms with E-state index in [0.29, 0.717) is 0 Å². The SMILES string of the molecule is CC(C)(c1nn[nH]n1)S(N)(=O)=O. The van der Waals surface area contributed by atoms with Crippen LogP contribution in [0.1, 0.15) is 19.7 Å². The molecule has 0 aliphatic carbocycles. The monoisotopic (exact) mass is 191 g/mol. The molecule has 1 rings (SSSR count). The van der Waals surface area contributed by atoms with Crippen LogP contribution in [0.3, 0.4) is 0 Å². The number of H-pyrrole nitrogens is 1. The number of tetrazole rings is 1. The third kappa shape index (κ3) is 1.30. The summed E-state index contributed by atoms with van der Waals surface area (Å²) in [6, 6.07) is 0. The Hall–Kier alpha value is -1.02. The van der Waals surface area contributed by atoms with Gasteiger partial charge in [0.25, 0.3) is 0 Å². The normalized spacial score (nSPS) is 13.2. The van der Waals surface area contributed by atoms with Crippen molar-refractivity contribution >= 4 is 10.0 Å². The van der Waals surface area contributed by atoms with Gasteiger partial charge in [0.15, 0.2) is 5.82 Å². The lowest BCUT2D eigenvalue weighted by molar-refractivity contribution is 0.545. The number of nitrogens with two attached hydrogens (primary N) is 1. The molecule has 1 heterocycles. The van der Waals surface area contributed by atoms with E-state index in [4.69, 9.17) is 5.14 Å². The number of sulfonamides is 1. The van der Waals surface area contributed by atoms with Crippen molar-refractivity contribution in [2.45, 2.75) is 18.6 Å². The molecule has 1 aromatic rings. The minimum Gasteiger partial charge on any atom is -0.228 e. The van der Waals surface area contributed by atoms with Gasteiger partial charge in [-0.2, -0.15) is 5.21 Å². The van der Waals surface area contributed by atoms with Crippen LogP contribution in [0.2, 0.25) is 0 Å². The Labute approximate surface area is 69.4 Å². The number of primary sulfonamides is 1. The fourth-order valence-electron chi connectivity index (χ4n) is 0.544. The maximum Gasteiger partial charge on any atom is 0.221 e. The van der Waals surface area contributed by atoms with Crippen molar-refractivity contribution < 1.29 is 8.42 Å². The quantitative estimate of drug-likeness (QED) is 0.604. The molecule has 0 aliphatic rings. The molecule has 8 heteroatoms. The van der Waals surface area contributed by atoms with E-state index >= 15 is 0 Å². The Kier molecular flexibility index (Phi) is 1.88. The molecule has 0 spiro atoms. The number of hydrogen-bond donors (Lipinski definition) is 2. The standard InChI is InChI=1S/C4H9N5O2S/c1-4(2,12(5,10)11)3-6-8-9-7-3/h1-2H3,(H2,5,10,11)(H,6,7,8,9). The van der Waals surface area contributed by atoms with Crippen LogP contribution in [-0.4, -0.2) is 29.0 Å². The third-order valence-electron chi connectivity index (χ3n) is 1.60. The van der Waals surface area contributed by atoms with E-state index in [2.05, 4.69) is 20.6 Å². The van der Waals surface area contributed by atoms with Gasteiger partial charge in [-0.25, -0.2) is 13.6 Å². The van der Waals surface area contributed by atoms with Gasteiger partial charge in [0, 0.05) is 0 Å². The summed E-state index contributed by atoms with van der Waals surface area (Å²) >= 11 is 0. The summed E-state index contributed by atoms with van der Waals surface area (Å²) in [4.78, 5) is 0. The molecule has 0 amide bonds. The Morgan fingerprint density at radius 3 is 2.42 bits per heavy atom. The van der Waals surface area contributed by atoms with E-state index < -0.39 is 14.8 Å². The second-order valence-corrected chi connectivity index (χ2v) is 4.90. The molecule has 1 aromatic heterocycles. The van der Waals surface area contributed by atoms with E-state index in [9.17, 15) is 8.42 Å². The van der Waals surface area contributed by atoms with Gasteiger partial charge in [0.2, 0.25) is 10.0 Å². The number of nitrogens with zero attached hydrogens (tertiary/aromatic N) is 3. The number of rotatable bonds is 2. The minimum atomic E-state index is -3.71. The zero-order valence-corrected chi connectivity index (χ0v) is 7.46. The van der Waals surface area contributed by atoms with Gasteiger partial charge in [-0.15, -0.1) is 10.2 Å². The zero-order valence-electron chi connectivity index (χ0n) is 6.64. The summed E-state index contributed by atoms with van der Waals surface area (Å²) in [7, 11) is -3.71. The summed E-state index contributed by atoms with van der Waals surface area (Å²) in [5, 5.41) is 17.5. The van der Waals surface area contributed by atoms with Gasteiger partial charge in [0.05, 0.1) is 0 Å². The van der Waals surface area contributed by atoms with Crippen molar-refractivity contribution in [3.8, 4) is 0 Å². The topological polar surface area (TPSA) is 115 Å². The van der Waals surface area contributed by atoms with Crippen molar-refractivity contribution in [3.05, 3.63) is 5.82 Å². The Morgan fingerprint density at radius 1 is 1.50 bits per heavy atom. The first kappa shape index (κ1) is 9.07. The van der Waals surface area contributed by atoms with Gasteiger partial charge < -0.3 is 0 Å². The summed E-state index contributed by atoms with van der Waals surface area (Å²) in [6.07, 6.45) is 0. The zero-order chi connectivity index (χ0) is 9.41. The van der Waals surface area contributed by atoms with Crippen LogP contribution in [0.15, 0.2) is 0 Å². The second kappa shape index (κ2) is 2.49. The van der Waals surface area contributed by atoms with E-state index in [1.807, 2.05) is 0 Å². The first-order valence-electron chi connectivity index (χ1n) is 3.12. The van der Waals surface area contributed by atoms with Crippen LogP contribution in [0.4, 0.5) is 0 Å². The van der Waals surface area contributed by atoms with Gasteiger partial charge in [-0.05, 0) is 13.8 Å². The van der Waals surface area contributed by atoms with Crippen molar-refractivity contribution in [2.75, 3.05) is 0 Å². The molecule has 3 N–H and O–H groups in total. The molecule has 0 atom stereocenters. The molecular weight excluding hydrogens is 182 g/mol. The van der Waals surface area contributed by atoms with Crippen molar-refractivity contribution in [2.24, 2.45) is 5.14 Å². The molecule has 0 aromatic carbocycles. The molecule has 0 bridgehead atoms. The summed E-state index contributed by atoms with van der Waals surface area (Å²) in [6.45, 7) is 2.82. The fraction of sp³-hybridized carbons (Fsp3) is 0.750. The largest absolute Gasteiger partial charge is 0.228 e. The fourth-order valence-corrected chi connectivity index (χ4v) is 0.885. The summed E-state index contributed by atoms with van der Waals surface area (Å²) in [5.74, 6) is 0.0602. The van der Waals surface area contributed by atoms with Crippen molar-refractivity contribution in [1.29, 1.82) is 0 Å². The summed E-state index contributed by atoms with van der Waals surface area (Å²) < 4.78 is 20.7. The van der Waals surface area contributed by atoms with Gasteiger partial charge in [0.1, 0.15) is 4.75 Å². The first-order chi connectivity index (χ1) is 5.36. The molecular formula is C4H9N5O2S. The van der Waals surface area contributed by atoms with Gasteiger partial charge in [-0.3, -0.25) is 0 Å². The number of nitrogens with one attached hydrogen (secondary N) is 1. The van der Waals surface area contributed by atoms with Crippen LogP contribution < -0.4 is 5.14 Å². The molecule has 0 unspecified atom stereocenters. The van der Waals surface area contributed by atoms with E-state index in [-0.39, 0.29) is 5.82 Å². The van der Waals surface area contributed by atoms with Crippen LogP contribution in [0.25, 0.3) is 0 Å². The molecule has 0 saturated carbocycles.